The van der Waals surface area contributed by atoms with E-state index in [2.05, 4.69) is 10.3 Å². The van der Waals surface area contributed by atoms with Crippen LogP contribution in [-0.4, -0.2) is 15.5 Å². The maximum Gasteiger partial charge on any atom is 0.279 e. The fourth-order valence-corrected chi connectivity index (χ4v) is 4.33. The van der Waals surface area contributed by atoms with Gasteiger partial charge in [-0.3, -0.25) is 14.3 Å². The van der Waals surface area contributed by atoms with Crippen molar-refractivity contribution in [2.75, 3.05) is 0 Å². The van der Waals surface area contributed by atoms with Gasteiger partial charge >= 0.3 is 0 Å². The van der Waals surface area contributed by atoms with E-state index in [1.54, 1.807) is 28.7 Å². The van der Waals surface area contributed by atoms with Crippen LogP contribution in [0.25, 0.3) is 10.9 Å². The molecule has 5 rings (SSSR count). The molecule has 0 saturated heterocycles. The zero-order chi connectivity index (χ0) is 20.3. The second kappa shape index (κ2) is 8.08. The van der Waals surface area contributed by atoms with Gasteiger partial charge in [-0.2, -0.15) is 0 Å². The molecule has 1 N–H and O–H groups in total. The predicted octanol–water partition coefficient (Wildman–Crippen LogP) is 5.13. The van der Waals surface area contributed by atoms with E-state index < -0.39 is 0 Å². The van der Waals surface area contributed by atoms with Gasteiger partial charge in [-0.05, 0) is 29.8 Å². The van der Waals surface area contributed by atoms with Gasteiger partial charge in [0.1, 0.15) is 23.4 Å². The molecule has 1 aliphatic heterocycles. The van der Waals surface area contributed by atoms with Crippen molar-refractivity contribution in [1.82, 2.24) is 14.9 Å². The number of pyridine rings is 1. The molecule has 0 amide bonds. The first-order valence-electron chi connectivity index (χ1n) is 9.62. The summed E-state index contributed by atoms with van der Waals surface area (Å²) in [6.45, 7) is 0.483. The number of benzene rings is 2. The Bertz CT molecular complexity index is 1220. The minimum absolute atomic E-state index is 0.00996. The average Bonchev–Trinajstić information content (AvgIpc) is 3.46. The fourth-order valence-electron chi connectivity index (χ4n) is 3.40. The predicted molar refractivity (Wildman–Crippen MR) is 119 cm³/mol. The number of nitrogens with zero attached hydrogens (tertiary/aromatic N) is 2. The Kier molecular flexibility index (Phi) is 4.99. The van der Waals surface area contributed by atoms with Crippen molar-refractivity contribution in [3.63, 3.8) is 0 Å². The number of carbonyl (C=O) groups excluding carboxylic acids is 1. The van der Waals surface area contributed by atoms with Crippen LogP contribution in [0.1, 0.15) is 21.3 Å². The number of carbonyl (C=O) groups is 1. The standard InChI is InChI=1S/C24H19N3O2S/c28-24(21-16-30-23(26-21)19-7-4-11-25-14-19)27-12-10-18-8-9-20(13-22(18)27)29-15-17-5-2-1-3-6-17/h1-14,16,23,26H,15H2. The molecule has 6 heteroatoms. The lowest BCUT2D eigenvalue weighted by Crippen LogP contribution is -2.23. The second-order valence-electron chi connectivity index (χ2n) is 6.96. The van der Waals surface area contributed by atoms with Gasteiger partial charge in [0.2, 0.25) is 0 Å². The molecule has 0 radical (unpaired) electrons. The lowest BCUT2D eigenvalue weighted by molar-refractivity contribution is 0.0952. The highest BCUT2D eigenvalue weighted by Gasteiger charge is 2.24. The van der Waals surface area contributed by atoms with Crippen LogP contribution in [0, 0.1) is 0 Å². The summed E-state index contributed by atoms with van der Waals surface area (Å²) in [6.07, 6.45) is 5.36. The topological polar surface area (TPSA) is 56.2 Å². The Morgan fingerprint density at radius 1 is 1.10 bits per heavy atom. The van der Waals surface area contributed by atoms with E-state index in [0.717, 1.165) is 27.8 Å². The molecule has 1 aliphatic rings. The monoisotopic (exact) mass is 413 g/mol. The number of thioether (sulfide) groups is 1. The van der Waals surface area contributed by atoms with Crippen molar-refractivity contribution in [1.29, 1.82) is 0 Å². The highest BCUT2D eigenvalue weighted by Crippen LogP contribution is 2.34. The number of fused-ring (bicyclic) bond motifs is 1. The Labute approximate surface area is 178 Å². The number of aromatic nitrogens is 2. The van der Waals surface area contributed by atoms with Crippen molar-refractivity contribution in [3.05, 3.63) is 108 Å². The van der Waals surface area contributed by atoms with Crippen molar-refractivity contribution >= 4 is 28.6 Å². The number of ether oxygens (including phenoxy) is 1. The van der Waals surface area contributed by atoms with Crippen LogP contribution < -0.4 is 10.1 Å². The largest absolute Gasteiger partial charge is 0.489 e. The summed E-state index contributed by atoms with van der Waals surface area (Å²) in [5, 5.41) is 6.16. The van der Waals surface area contributed by atoms with E-state index in [1.165, 1.54) is 0 Å². The number of hydrogen-bond acceptors (Lipinski definition) is 5. The van der Waals surface area contributed by atoms with Gasteiger partial charge in [-0.15, -0.1) is 11.8 Å². The third-order valence-electron chi connectivity index (χ3n) is 4.96. The number of hydrogen-bond donors (Lipinski definition) is 1. The van der Waals surface area contributed by atoms with Gasteiger partial charge in [-0.1, -0.05) is 36.4 Å². The van der Waals surface area contributed by atoms with Crippen LogP contribution in [0.5, 0.6) is 5.75 Å². The lowest BCUT2D eigenvalue weighted by Gasteiger charge is -2.13. The molecule has 1 atom stereocenters. The Balaban J connectivity index is 1.34. The van der Waals surface area contributed by atoms with E-state index in [-0.39, 0.29) is 11.3 Å². The smallest absolute Gasteiger partial charge is 0.279 e. The third-order valence-corrected chi connectivity index (χ3v) is 5.99. The molecule has 30 heavy (non-hydrogen) atoms. The Morgan fingerprint density at radius 3 is 2.83 bits per heavy atom. The molecular formula is C24H19N3O2S. The molecule has 0 saturated carbocycles. The molecule has 0 spiro atoms. The van der Waals surface area contributed by atoms with E-state index in [0.29, 0.717) is 12.3 Å². The first-order valence-corrected chi connectivity index (χ1v) is 10.6. The van der Waals surface area contributed by atoms with Crippen LogP contribution in [0.4, 0.5) is 0 Å². The van der Waals surface area contributed by atoms with Crippen molar-refractivity contribution < 1.29 is 9.53 Å². The molecule has 2 aromatic carbocycles. The van der Waals surface area contributed by atoms with Crippen LogP contribution in [0.2, 0.25) is 0 Å². The van der Waals surface area contributed by atoms with Crippen LogP contribution >= 0.6 is 11.8 Å². The zero-order valence-corrected chi connectivity index (χ0v) is 16.9. The maximum absolute atomic E-state index is 13.2. The summed E-state index contributed by atoms with van der Waals surface area (Å²) in [7, 11) is 0. The van der Waals surface area contributed by atoms with Crippen LogP contribution in [0.15, 0.2) is 96.4 Å². The summed E-state index contributed by atoms with van der Waals surface area (Å²) < 4.78 is 7.60. The summed E-state index contributed by atoms with van der Waals surface area (Å²) in [6, 6.07) is 21.7. The second-order valence-corrected chi connectivity index (χ2v) is 7.94. The van der Waals surface area contributed by atoms with Crippen LogP contribution in [0.3, 0.4) is 0 Å². The number of allylic oxidation sites excluding steroid dienone is 1. The minimum Gasteiger partial charge on any atom is -0.489 e. The van der Waals surface area contributed by atoms with Crippen molar-refractivity contribution in [3.8, 4) is 5.75 Å². The van der Waals surface area contributed by atoms with E-state index in [1.807, 2.05) is 78.3 Å². The molecule has 3 heterocycles. The van der Waals surface area contributed by atoms with Gasteiger partial charge in [0.05, 0.1) is 5.52 Å². The van der Waals surface area contributed by atoms with Gasteiger partial charge in [0, 0.05) is 41.0 Å². The zero-order valence-electron chi connectivity index (χ0n) is 16.1. The molecule has 148 valence electrons. The average molecular weight is 414 g/mol. The first kappa shape index (κ1) is 18.5. The molecule has 0 aliphatic carbocycles. The van der Waals surface area contributed by atoms with Gasteiger partial charge in [-0.25, -0.2) is 0 Å². The summed E-state index contributed by atoms with van der Waals surface area (Å²) in [5.41, 5.74) is 3.53. The van der Waals surface area contributed by atoms with E-state index >= 15 is 0 Å². The summed E-state index contributed by atoms with van der Waals surface area (Å²) >= 11 is 1.57. The lowest BCUT2D eigenvalue weighted by atomic mass is 10.2. The summed E-state index contributed by atoms with van der Waals surface area (Å²) in [4.78, 5) is 17.3. The number of nitrogens with one attached hydrogen (secondary N) is 1. The Hall–Kier alpha value is -3.51. The molecule has 4 aromatic rings. The normalized spacial score (nSPS) is 15.6. The van der Waals surface area contributed by atoms with E-state index in [4.69, 9.17) is 4.74 Å². The molecule has 0 bridgehead atoms. The quantitative estimate of drug-likeness (QED) is 0.491. The van der Waals surface area contributed by atoms with Gasteiger partial charge in [0.25, 0.3) is 5.91 Å². The summed E-state index contributed by atoms with van der Waals surface area (Å²) in [5.74, 6) is 0.638. The van der Waals surface area contributed by atoms with Gasteiger partial charge < -0.3 is 10.1 Å². The molecule has 2 aromatic heterocycles. The van der Waals surface area contributed by atoms with Gasteiger partial charge in [0.15, 0.2) is 0 Å². The van der Waals surface area contributed by atoms with Crippen molar-refractivity contribution in [2.24, 2.45) is 0 Å². The molecule has 1 unspecified atom stereocenters. The minimum atomic E-state index is -0.0934. The molecule has 5 nitrogen and oxygen atoms in total. The highest BCUT2D eigenvalue weighted by molar-refractivity contribution is 8.02. The third kappa shape index (κ3) is 3.69. The van der Waals surface area contributed by atoms with E-state index in [9.17, 15) is 4.79 Å². The molecular weight excluding hydrogens is 394 g/mol. The van der Waals surface area contributed by atoms with Crippen molar-refractivity contribution in [2.45, 2.75) is 12.0 Å². The molecule has 0 fully saturated rings. The first-order chi connectivity index (χ1) is 14.8. The SMILES string of the molecule is O=C(C1=CSC(c2cccnc2)N1)n1ccc2ccc(OCc3ccccc3)cc21. The Morgan fingerprint density at radius 2 is 2.00 bits per heavy atom. The fraction of sp³-hybridized carbons (Fsp3) is 0.0833. The number of rotatable bonds is 5. The highest BCUT2D eigenvalue weighted by atomic mass is 32.2. The maximum atomic E-state index is 13.2. The van der Waals surface area contributed by atoms with Crippen LogP contribution in [-0.2, 0) is 6.61 Å².